The predicted octanol–water partition coefficient (Wildman–Crippen LogP) is 3.14. The molecule has 0 heterocycles. The third-order valence-corrected chi connectivity index (χ3v) is 3.01. The molecule has 0 spiro atoms. The quantitative estimate of drug-likeness (QED) is 0.673. The standard InChI is InChI=1S/C16H14O3/c1-11(16(18)19)15(17)9-7-12-6-8-13-4-2-3-5-14(13)10-12/h2-11H,1H3,(H,18,19). The number of ketones is 1. The van der Waals surface area contributed by atoms with Crippen LogP contribution in [-0.2, 0) is 9.59 Å². The monoisotopic (exact) mass is 254 g/mol. The van der Waals surface area contributed by atoms with E-state index in [2.05, 4.69) is 0 Å². The molecule has 2 rings (SSSR count). The summed E-state index contributed by atoms with van der Waals surface area (Å²) in [6, 6.07) is 13.8. The highest BCUT2D eigenvalue weighted by Crippen LogP contribution is 2.16. The van der Waals surface area contributed by atoms with Crippen LogP contribution in [-0.4, -0.2) is 16.9 Å². The number of fused-ring (bicyclic) bond motifs is 1. The van der Waals surface area contributed by atoms with Gasteiger partial charge in [0.05, 0.1) is 0 Å². The maximum absolute atomic E-state index is 11.6. The number of hydrogen-bond donors (Lipinski definition) is 1. The second kappa shape index (κ2) is 5.48. The normalized spacial score (nSPS) is 12.7. The fourth-order valence-corrected chi connectivity index (χ4v) is 1.76. The van der Waals surface area contributed by atoms with Gasteiger partial charge in [0.1, 0.15) is 5.92 Å². The van der Waals surface area contributed by atoms with Gasteiger partial charge in [-0.05, 0) is 35.4 Å². The van der Waals surface area contributed by atoms with Crippen LogP contribution in [0.5, 0.6) is 0 Å². The van der Waals surface area contributed by atoms with Gasteiger partial charge in [0.15, 0.2) is 5.78 Å². The Balaban J connectivity index is 2.21. The Morgan fingerprint density at radius 1 is 1.11 bits per heavy atom. The summed E-state index contributed by atoms with van der Waals surface area (Å²) < 4.78 is 0. The van der Waals surface area contributed by atoms with Crippen molar-refractivity contribution in [3.8, 4) is 0 Å². The average Bonchev–Trinajstić information content (AvgIpc) is 2.43. The van der Waals surface area contributed by atoms with Crippen molar-refractivity contribution in [2.75, 3.05) is 0 Å². The summed E-state index contributed by atoms with van der Waals surface area (Å²) >= 11 is 0. The molecule has 3 heteroatoms. The van der Waals surface area contributed by atoms with E-state index in [0.717, 1.165) is 16.3 Å². The number of carbonyl (C=O) groups is 2. The van der Waals surface area contributed by atoms with E-state index >= 15 is 0 Å². The maximum atomic E-state index is 11.6. The fraction of sp³-hybridized carbons (Fsp3) is 0.125. The summed E-state index contributed by atoms with van der Waals surface area (Å²) in [4.78, 5) is 22.2. The van der Waals surface area contributed by atoms with Crippen molar-refractivity contribution in [1.29, 1.82) is 0 Å². The first-order valence-electron chi connectivity index (χ1n) is 6.01. The molecule has 0 aliphatic heterocycles. The molecular weight excluding hydrogens is 240 g/mol. The van der Waals surface area contributed by atoms with Crippen molar-refractivity contribution in [3.05, 3.63) is 54.1 Å². The summed E-state index contributed by atoms with van der Waals surface area (Å²) in [5.41, 5.74) is 0.879. The molecule has 0 saturated heterocycles. The number of aliphatic carboxylic acids is 1. The topological polar surface area (TPSA) is 54.4 Å². The van der Waals surface area contributed by atoms with Crippen LogP contribution in [0.2, 0.25) is 0 Å². The van der Waals surface area contributed by atoms with Gasteiger partial charge < -0.3 is 5.11 Å². The molecule has 3 nitrogen and oxygen atoms in total. The van der Waals surface area contributed by atoms with Gasteiger partial charge in [0, 0.05) is 0 Å². The molecule has 0 saturated carbocycles. The van der Waals surface area contributed by atoms with Gasteiger partial charge in [-0.2, -0.15) is 0 Å². The van der Waals surface area contributed by atoms with Crippen LogP contribution < -0.4 is 0 Å². The largest absolute Gasteiger partial charge is 0.481 e. The molecule has 0 fully saturated rings. The van der Waals surface area contributed by atoms with Gasteiger partial charge in [0.2, 0.25) is 0 Å². The van der Waals surface area contributed by atoms with E-state index in [-0.39, 0.29) is 0 Å². The van der Waals surface area contributed by atoms with Crippen LogP contribution in [0.25, 0.3) is 16.8 Å². The highest BCUT2D eigenvalue weighted by Gasteiger charge is 2.17. The molecule has 0 bridgehead atoms. The Hall–Kier alpha value is -2.42. The van der Waals surface area contributed by atoms with E-state index in [1.807, 2.05) is 42.5 Å². The third-order valence-electron chi connectivity index (χ3n) is 3.01. The molecule has 96 valence electrons. The molecule has 0 radical (unpaired) electrons. The zero-order valence-electron chi connectivity index (χ0n) is 10.5. The Morgan fingerprint density at radius 3 is 2.47 bits per heavy atom. The molecule has 1 unspecified atom stereocenters. The number of rotatable bonds is 4. The van der Waals surface area contributed by atoms with Crippen molar-refractivity contribution in [2.24, 2.45) is 5.92 Å². The highest BCUT2D eigenvalue weighted by atomic mass is 16.4. The van der Waals surface area contributed by atoms with Crippen molar-refractivity contribution in [2.45, 2.75) is 6.92 Å². The van der Waals surface area contributed by atoms with E-state index in [9.17, 15) is 9.59 Å². The molecule has 0 amide bonds. The second-order valence-corrected chi connectivity index (χ2v) is 4.40. The van der Waals surface area contributed by atoms with Gasteiger partial charge in [-0.1, -0.05) is 42.5 Å². The van der Waals surface area contributed by atoms with Crippen LogP contribution in [0, 0.1) is 5.92 Å². The number of hydrogen-bond acceptors (Lipinski definition) is 2. The molecule has 1 atom stereocenters. The van der Waals surface area contributed by atoms with Crippen LogP contribution in [0.3, 0.4) is 0 Å². The predicted molar refractivity (Wildman–Crippen MR) is 74.8 cm³/mol. The first-order chi connectivity index (χ1) is 9.08. The summed E-state index contributed by atoms with van der Waals surface area (Å²) in [6.45, 7) is 1.38. The zero-order valence-corrected chi connectivity index (χ0v) is 10.5. The lowest BCUT2D eigenvalue weighted by Crippen LogP contribution is -2.18. The molecule has 2 aromatic carbocycles. The van der Waals surface area contributed by atoms with Gasteiger partial charge in [-0.15, -0.1) is 0 Å². The molecule has 2 aromatic rings. The zero-order chi connectivity index (χ0) is 13.8. The van der Waals surface area contributed by atoms with Crippen molar-refractivity contribution in [3.63, 3.8) is 0 Å². The van der Waals surface area contributed by atoms with Gasteiger partial charge in [-0.25, -0.2) is 0 Å². The lowest BCUT2D eigenvalue weighted by molar-refractivity contribution is -0.144. The number of carboxylic acid groups (broad SMARTS) is 1. The maximum Gasteiger partial charge on any atom is 0.314 e. The smallest absolute Gasteiger partial charge is 0.314 e. The van der Waals surface area contributed by atoms with E-state index in [1.54, 1.807) is 6.08 Å². The Labute approximate surface area is 111 Å². The molecule has 1 N–H and O–H groups in total. The lowest BCUT2D eigenvalue weighted by atomic mass is 10.0. The minimum absolute atomic E-state index is 0.402. The minimum atomic E-state index is -1.10. The van der Waals surface area contributed by atoms with Gasteiger partial charge in [0.25, 0.3) is 0 Å². The lowest BCUT2D eigenvalue weighted by Gasteiger charge is -2.01. The average molecular weight is 254 g/mol. The van der Waals surface area contributed by atoms with Crippen LogP contribution in [0.15, 0.2) is 48.5 Å². The molecular formula is C16H14O3. The van der Waals surface area contributed by atoms with Crippen molar-refractivity contribution >= 4 is 28.6 Å². The van der Waals surface area contributed by atoms with Crippen LogP contribution in [0.4, 0.5) is 0 Å². The SMILES string of the molecule is CC(C(=O)O)C(=O)C=Cc1ccc2ccccc2c1. The van der Waals surface area contributed by atoms with Crippen LogP contribution in [0.1, 0.15) is 12.5 Å². The van der Waals surface area contributed by atoms with Crippen molar-refractivity contribution in [1.82, 2.24) is 0 Å². The third kappa shape index (κ3) is 3.07. The highest BCUT2D eigenvalue weighted by molar-refractivity contribution is 6.06. The summed E-state index contributed by atoms with van der Waals surface area (Å²) in [6.07, 6.45) is 2.97. The Bertz CT molecular complexity index is 656. The van der Waals surface area contributed by atoms with E-state index in [0.29, 0.717) is 0 Å². The number of carboxylic acids is 1. The van der Waals surface area contributed by atoms with Gasteiger partial charge in [-0.3, -0.25) is 9.59 Å². The second-order valence-electron chi connectivity index (χ2n) is 4.40. The Morgan fingerprint density at radius 2 is 1.79 bits per heavy atom. The molecule has 0 aliphatic rings. The fourth-order valence-electron chi connectivity index (χ4n) is 1.76. The number of benzene rings is 2. The molecule has 19 heavy (non-hydrogen) atoms. The van der Waals surface area contributed by atoms with Gasteiger partial charge >= 0.3 is 5.97 Å². The van der Waals surface area contributed by atoms with E-state index < -0.39 is 17.7 Å². The first-order valence-corrected chi connectivity index (χ1v) is 6.01. The molecule has 0 aromatic heterocycles. The first kappa shape index (κ1) is 13.0. The summed E-state index contributed by atoms with van der Waals surface area (Å²) in [7, 11) is 0. The Kier molecular flexibility index (Phi) is 3.76. The number of allylic oxidation sites excluding steroid dienone is 1. The van der Waals surface area contributed by atoms with E-state index in [4.69, 9.17) is 5.11 Å². The molecule has 0 aliphatic carbocycles. The van der Waals surface area contributed by atoms with Crippen LogP contribution >= 0.6 is 0 Å². The van der Waals surface area contributed by atoms with E-state index in [1.165, 1.54) is 13.0 Å². The summed E-state index contributed by atoms with van der Waals surface area (Å²) in [5.74, 6) is -2.51. The minimum Gasteiger partial charge on any atom is -0.481 e. The van der Waals surface area contributed by atoms with Crippen molar-refractivity contribution < 1.29 is 14.7 Å². The number of carbonyl (C=O) groups excluding carboxylic acids is 1. The summed E-state index contributed by atoms with van der Waals surface area (Å²) in [5, 5.41) is 11.0.